The van der Waals surface area contributed by atoms with Gasteiger partial charge in [-0.15, -0.1) is 10.2 Å². The summed E-state index contributed by atoms with van der Waals surface area (Å²) in [5, 5.41) is 10.00. The molecule has 2 heterocycles. The molecule has 86 valence electrons. The van der Waals surface area contributed by atoms with Crippen molar-refractivity contribution in [1.82, 2.24) is 10.2 Å². The smallest absolute Gasteiger partial charge is 0.151 e. The molecule has 0 bridgehead atoms. The zero-order valence-electron chi connectivity index (χ0n) is 9.87. The summed E-state index contributed by atoms with van der Waals surface area (Å²) in [6.07, 6.45) is 0. The van der Waals surface area contributed by atoms with E-state index in [0.29, 0.717) is 0 Å². The first-order valence-corrected chi connectivity index (χ1v) is 5.98. The van der Waals surface area contributed by atoms with E-state index in [4.69, 9.17) is 10.2 Å². The van der Waals surface area contributed by atoms with Crippen molar-refractivity contribution in [3.63, 3.8) is 0 Å². The van der Waals surface area contributed by atoms with E-state index in [0.717, 1.165) is 32.7 Å². The van der Waals surface area contributed by atoms with E-state index in [-0.39, 0.29) is 6.04 Å². The topological polar surface area (TPSA) is 64.9 Å². The number of nitrogens with zero attached hydrogens (tertiary/aromatic N) is 2. The van der Waals surface area contributed by atoms with Crippen LogP contribution in [0, 0.1) is 20.8 Å². The Morgan fingerprint density at radius 2 is 1.88 bits per heavy atom. The number of furan rings is 1. The lowest BCUT2D eigenvalue weighted by molar-refractivity contribution is 0.503. The van der Waals surface area contributed by atoms with Crippen LogP contribution in [-0.4, -0.2) is 10.2 Å². The van der Waals surface area contributed by atoms with Crippen LogP contribution in [0.1, 0.15) is 35.1 Å². The molecule has 0 saturated carbocycles. The van der Waals surface area contributed by atoms with E-state index in [1.807, 2.05) is 27.7 Å². The maximum atomic E-state index is 5.77. The maximum Gasteiger partial charge on any atom is 0.151 e. The summed E-state index contributed by atoms with van der Waals surface area (Å²) in [6, 6.07) is -0.0696. The minimum absolute atomic E-state index is 0.0696. The van der Waals surface area contributed by atoms with Gasteiger partial charge >= 0.3 is 0 Å². The summed E-state index contributed by atoms with van der Waals surface area (Å²) in [5.74, 6) is 1.83. The van der Waals surface area contributed by atoms with Gasteiger partial charge in [-0.05, 0) is 27.7 Å². The lowest BCUT2D eigenvalue weighted by atomic mass is 10.1. The molecule has 5 heteroatoms. The van der Waals surface area contributed by atoms with Crippen molar-refractivity contribution < 1.29 is 4.42 Å². The van der Waals surface area contributed by atoms with E-state index >= 15 is 0 Å². The van der Waals surface area contributed by atoms with Crippen molar-refractivity contribution >= 4 is 11.3 Å². The summed E-state index contributed by atoms with van der Waals surface area (Å²) >= 11 is 1.53. The zero-order valence-corrected chi connectivity index (χ0v) is 10.7. The zero-order chi connectivity index (χ0) is 11.9. The Kier molecular flexibility index (Phi) is 2.82. The first-order chi connectivity index (χ1) is 7.50. The molecule has 0 aromatic carbocycles. The van der Waals surface area contributed by atoms with Crippen LogP contribution < -0.4 is 5.73 Å². The molecule has 2 N–H and O–H groups in total. The minimum Gasteiger partial charge on any atom is -0.466 e. The standard InChI is InChI=1S/C11H15N3OS/c1-5-7(3)15-8(4)9(5)11-14-13-10(16-11)6(2)12/h6H,12H2,1-4H3. The van der Waals surface area contributed by atoms with E-state index in [1.54, 1.807) is 0 Å². The normalized spacial score (nSPS) is 13.1. The Morgan fingerprint density at radius 1 is 1.19 bits per heavy atom. The number of aryl methyl sites for hydroxylation is 2. The van der Waals surface area contributed by atoms with Crippen molar-refractivity contribution in [2.45, 2.75) is 33.7 Å². The lowest BCUT2D eigenvalue weighted by Crippen LogP contribution is -2.03. The molecule has 0 fully saturated rings. The van der Waals surface area contributed by atoms with Gasteiger partial charge in [0.25, 0.3) is 0 Å². The van der Waals surface area contributed by atoms with Gasteiger partial charge < -0.3 is 10.2 Å². The van der Waals surface area contributed by atoms with Gasteiger partial charge in [-0.3, -0.25) is 0 Å². The number of rotatable bonds is 2. The average Bonchev–Trinajstić information content (AvgIpc) is 2.74. The molecule has 2 rings (SSSR count). The Bertz CT molecular complexity index is 513. The summed E-state index contributed by atoms with van der Waals surface area (Å²) in [6.45, 7) is 7.85. The molecule has 0 aliphatic carbocycles. The number of aromatic nitrogens is 2. The van der Waals surface area contributed by atoms with Crippen LogP contribution in [0.3, 0.4) is 0 Å². The Labute approximate surface area is 98.5 Å². The lowest BCUT2D eigenvalue weighted by Gasteiger charge is -1.95. The highest BCUT2D eigenvalue weighted by atomic mass is 32.1. The van der Waals surface area contributed by atoms with Gasteiger partial charge in [-0.1, -0.05) is 11.3 Å². The highest BCUT2D eigenvalue weighted by Gasteiger charge is 2.18. The van der Waals surface area contributed by atoms with Crippen LogP contribution in [0.15, 0.2) is 4.42 Å². The van der Waals surface area contributed by atoms with Crippen LogP contribution in [0.2, 0.25) is 0 Å². The first-order valence-electron chi connectivity index (χ1n) is 5.16. The highest BCUT2D eigenvalue weighted by molar-refractivity contribution is 7.14. The van der Waals surface area contributed by atoms with Gasteiger partial charge in [-0.25, -0.2) is 0 Å². The third-order valence-electron chi connectivity index (χ3n) is 2.61. The summed E-state index contributed by atoms with van der Waals surface area (Å²) in [5.41, 5.74) is 7.96. The molecule has 1 unspecified atom stereocenters. The van der Waals surface area contributed by atoms with Crippen molar-refractivity contribution in [3.05, 3.63) is 22.1 Å². The van der Waals surface area contributed by atoms with Gasteiger partial charge in [0.15, 0.2) is 5.01 Å². The molecule has 0 amide bonds. The summed E-state index contributed by atoms with van der Waals surface area (Å²) < 4.78 is 5.58. The summed E-state index contributed by atoms with van der Waals surface area (Å²) in [4.78, 5) is 0. The quantitative estimate of drug-likeness (QED) is 0.872. The molecule has 0 saturated heterocycles. The van der Waals surface area contributed by atoms with Crippen molar-refractivity contribution in [3.8, 4) is 10.6 Å². The Morgan fingerprint density at radius 3 is 2.31 bits per heavy atom. The largest absolute Gasteiger partial charge is 0.466 e. The second-order valence-corrected chi connectivity index (χ2v) is 4.96. The molecule has 0 aliphatic rings. The highest BCUT2D eigenvalue weighted by Crippen LogP contribution is 2.34. The molecular formula is C11H15N3OS. The van der Waals surface area contributed by atoms with Crippen molar-refractivity contribution in [2.75, 3.05) is 0 Å². The van der Waals surface area contributed by atoms with Gasteiger partial charge in [-0.2, -0.15) is 0 Å². The second kappa shape index (κ2) is 3.99. The SMILES string of the molecule is Cc1oc(C)c(-c2nnc(C(C)N)s2)c1C. The van der Waals surface area contributed by atoms with Crippen LogP contribution in [-0.2, 0) is 0 Å². The minimum atomic E-state index is -0.0696. The van der Waals surface area contributed by atoms with Crippen LogP contribution in [0.25, 0.3) is 10.6 Å². The third kappa shape index (κ3) is 1.76. The molecule has 4 nitrogen and oxygen atoms in total. The molecule has 1 atom stereocenters. The predicted octanol–water partition coefficient (Wildman–Crippen LogP) is 2.74. The number of nitrogens with two attached hydrogens (primary N) is 1. The predicted molar refractivity (Wildman–Crippen MR) is 64.4 cm³/mol. The van der Waals surface area contributed by atoms with Gasteiger partial charge in [0.2, 0.25) is 0 Å². The van der Waals surface area contributed by atoms with E-state index in [9.17, 15) is 0 Å². The molecule has 0 radical (unpaired) electrons. The monoisotopic (exact) mass is 237 g/mol. The van der Waals surface area contributed by atoms with Gasteiger partial charge in [0.1, 0.15) is 16.5 Å². The Hall–Kier alpha value is -1.20. The average molecular weight is 237 g/mol. The fourth-order valence-corrected chi connectivity index (χ4v) is 2.57. The third-order valence-corrected chi connectivity index (χ3v) is 3.75. The van der Waals surface area contributed by atoms with Gasteiger partial charge in [0.05, 0.1) is 11.6 Å². The van der Waals surface area contributed by atoms with Gasteiger partial charge in [0, 0.05) is 5.56 Å². The van der Waals surface area contributed by atoms with Crippen molar-refractivity contribution in [2.24, 2.45) is 5.73 Å². The summed E-state index contributed by atoms with van der Waals surface area (Å²) in [7, 11) is 0. The molecule has 0 spiro atoms. The molecular weight excluding hydrogens is 222 g/mol. The maximum absolute atomic E-state index is 5.77. The molecule has 16 heavy (non-hydrogen) atoms. The Balaban J connectivity index is 2.50. The van der Waals surface area contributed by atoms with E-state index in [1.165, 1.54) is 11.3 Å². The fraction of sp³-hybridized carbons (Fsp3) is 0.455. The van der Waals surface area contributed by atoms with Crippen LogP contribution in [0.5, 0.6) is 0 Å². The fourth-order valence-electron chi connectivity index (χ4n) is 1.63. The van der Waals surface area contributed by atoms with Crippen LogP contribution >= 0.6 is 11.3 Å². The first kappa shape index (κ1) is 11.3. The van der Waals surface area contributed by atoms with Crippen molar-refractivity contribution in [1.29, 1.82) is 0 Å². The second-order valence-electron chi connectivity index (χ2n) is 3.95. The molecule has 0 aliphatic heterocycles. The van der Waals surface area contributed by atoms with E-state index < -0.39 is 0 Å². The number of hydrogen-bond donors (Lipinski definition) is 1. The number of hydrogen-bond acceptors (Lipinski definition) is 5. The van der Waals surface area contributed by atoms with E-state index in [2.05, 4.69) is 10.2 Å². The van der Waals surface area contributed by atoms with Crippen LogP contribution in [0.4, 0.5) is 0 Å². The molecule has 2 aromatic heterocycles. The molecule has 2 aromatic rings.